The second-order valence-electron chi connectivity index (χ2n) is 5.25. The molecule has 0 radical (unpaired) electrons. The van der Waals surface area contributed by atoms with E-state index in [1.807, 2.05) is 54.6 Å². The standard InChI is InChI=1S/C19H19NO4/c1-14(19(22)23)20-18(21)12-9-15-7-10-17(11-8-15)24-13-16-5-3-2-4-6-16/h2-12,14H,13H2,1H3,(H,20,21)(H,22,23)/b12-9+/t14-/m0/s1. The molecule has 0 spiro atoms. The molecule has 2 rings (SSSR count). The van der Waals surface area contributed by atoms with Gasteiger partial charge in [-0.15, -0.1) is 0 Å². The van der Waals surface area contributed by atoms with E-state index in [0.29, 0.717) is 6.61 Å². The average molecular weight is 325 g/mol. The molecule has 0 bridgehead atoms. The number of ether oxygens (including phenoxy) is 1. The number of carbonyl (C=O) groups excluding carboxylic acids is 1. The lowest BCUT2D eigenvalue weighted by molar-refractivity contribution is -0.140. The topological polar surface area (TPSA) is 75.6 Å². The highest BCUT2D eigenvalue weighted by Gasteiger charge is 2.11. The van der Waals surface area contributed by atoms with E-state index in [4.69, 9.17) is 9.84 Å². The molecule has 0 aromatic heterocycles. The Kier molecular flexibility index (Phi) is 6.14. The first-order valence-corrected chi connectivity index (χ1v) is 7.53. The lowest BCUT2D eigenvalue weighted by Gasteiger charge is -2.07. The molecule has 5 nitrogen and oxygen atoms in total. The summed E-state index contributed by atoms with van der Waals surface area (Å²) in [6.45, 7) is 1.90. The zero-order valence-corrected chi connectivity index (χ0v) is 13.3. The molecule has 2 aromatic carbocycles. The second-order valence-corrected chi connectivity index (χ2v) is 5.25. The lowest BCUT2D eigenvalue weighted by atomic mass is 10.2. The number of rotatable bonds is 7. The molecule has 5 heteroatoms. The molecule has 0 unspecified atom stereocenters. The summed E-state index contributed by atoms with van der Waals surface area (Å²) in [4.78, 5) is 22.2. The average Bonchev–Trinajstić information content (AvgIpc) is 2.60. The van der Waals surface area contributed by atoms with Crippen molar-refractivity contribution < 1.29 is 19.4 Å². The molecule has 0 aliphatic carbocycles. The van der Waals surface area contributed by atoms with Crippen molar-refractivity contribution in [2.45, 2.75) is 19.6 Å². The van der Waals surface area contributed by atoms with Crippen molar-refractivity contribution in [3.8, 4) is 5.75 Å². The normalized spacial score (nSPS) is 11.9. The van der Waals surface area contributed by atoms with Gasteiger partial charge in [-0.25, -0.2) is 0 Å². The van der Waals surface area contributed by atoms with E-state index in [2.05, 4.69) is 5.32 Å². The fourth-order valence-corrected chi connectivity index (χ4v) is 1.91. The molecule has 0 fully saturated rings. The number of carboxylic acid groups (broad SMARTS) is 1. The van der Waals surface area contributed by atoms with Crippen LogP contribution in [0.2, 0.25) is 0 Å². The minimum Gasteiger partial charge on any atom is -0.489 e. The van der Waals surface area contributed by atoms with Gasteiger partial charge >= 0.3 is 5.97 Å². The van der Waals surface area contributed by atoms with Gasteiger partial charge in [0.2, 0.25) is 5.91 Å². The van der Waals surface area contributed by atoms with Crippen LogP contribution in [0.25, 0.3) is 6.08 Å². The number of hydrogen-bond acceptors (Lipinski definition) is 3. The minimum absolute atomic E-state index is 0.450. The fourth-order valence-electron chi connectivity index (χ4n) is 1.91. The van der Waals surface area contributed by atoms with Gasteiger partial charge in [0, 0.05) is 6.08 Å². The zero-order valence-electron chi connectivity index (χ0n) is 13.3. The number of amides is 1. The third-order valence-corrected chi connectivity index (χ3v) is 3.28. The Morgan fingerprint density at radius 3 is 2.42 bits per heavy atom. The summed E-state index contributed by atoms with van der Waals surface area (Å²) in [5, 5.41) is 11.1. The molecule has 0 aliphatic rings. The summed E-state index contributed by atoms with van der Waals surface area (Å²) in [5.41, 5.74) is 1.91. The van der Waals surface area contributed by atoms with Crippen LogP contribution < -0.4 is 10.1 Å². The first-order chi connectivity index (χ1) is 11.5. The number of benzene rings is 2. The number of hydrogen-bond donors (Lipinski definition) is 2. The molecule has 1 amide bonds. The summed E-state index contributed by atoms with van der Waals surface area (Å²) in [6, 6.07) is 16.2. The molecule has 0 heterocycles. The SMILES string of the molecule is C[C@H](NC(=O)/C=C/c1ccc(OCc2ccccc2)cc1)C(=O)O. The van der Waals surface area contributed by atoms with Gasteiger partial charge in [0.05, 0.1) is 0 Å². The van der Waals surface area contributed by atoms with Crippen LogP contribution >= 0.6 is 0 Å². The highest BCUT2D eigenvalue weighted by atomic mass is 16.5. The van der Waals surface area contributed by atoms with Crippen molar-refractivity contribution in [3.05, 3.63) is 71.8 Å². The monoisotopic (exact) mass is 325 g/mol. The lowest BCUT2D eigenvalue weighted by Crippen LogP contribution is -2.37. The third kappa shape index (κ3) is 5.61. The van der Waals surface area contributed by atoms with Crippen LogP contribution in [-0.2, 0) is 16.2 Å². The Bertz CT molecular complexity index is 708. The van der Waals surface area contributed by atoms with E-state index in [9.17, 15) is 9.59 Å². The summed E-state index contributed by atoms with van der Waals surface area (Å²) in [6.07, 6.45) is 2.92. The predicted molar refractivity (Wildman–Crippen MR) is 91.5 cm³/mol. The molecule has 2 N–H and O–H groups in total. The van der Waals surface area contributed by atoms with Gasteiger partial charge in [0.1, 0.15) is 18.4 Å². The van der Waals surface area contributed by atoms with Crippen LogP contribution in [0.4, 0.5) is 0 Å². The van der Waals surface area contributed by atoms with Gasteiger partial charge in [-0.2, -0.15) is 0 Å². The van der Waals surface area contributed by atoms with Gasteiger partial charge in [-0.1, -0.05) is 42.5 Å². The predicted octanol–water partition coefficient (Wildman–Crippen LogP) is 2.87. The number of nitrogens with one attached hydrogen (secondary N) is 1. The van der Waals surface area contributed by atoms with E-state index in [-0.39, 0.29) is 0 Å². The Labute approximate surface area is 140 Å². The molecule has 0 saturated heterocycles. The van der Waals surface area contributed by atoms with Crippen LogP contribution in [0.5, 0.6) is 5.75 Å². The molecule has 1 atom stereocenters. The smallest absolute Gasteiger partial charge is 0.325 e. The molecule has 0 aliphatic heterocycles. The van der Waals surface area contributed by atoms with E-state index in [1.54, 1.807) is 6.08 Å². The maximum absolute atomic E-state index is 11.6. The summed E-state index contributed by atoms with van der Waals surface area (Å²) >= 11 is 0. The summed E-state index contributed by atoms with van der Waals surface area (Å²) < 4.78 is 5.68. The molecule has 24 heavy (non-hydrogen) atoms. The van der Waals surface area contributed by atoms with Crippen molar-refractivity contribution in [2.24, 2.45) is 0 Å². The Hall–Kier alpha value is -3.08. The van der Waals surface area contributed by atoms with E-state index >= 15 is 0 Å². The number of aliphatic carboxylic acids is 1. The molecular formula is C19H19NO4. The van der Waals surface area contributed by atoms with Crippen LogP contribution in [0.15, 0.2) is 60.7 Å². The van der Waals surface area contributed by atoms with E-state index in [1.165, 1.54) is 13.0 Å². The van der Waals surface area contributed by atoms with Gasteiger partial charge in [0.15, 0.2) is 0 Å². The van der Waals surface area contributed by atoms with Crippen molar-refractivity contribution in [2.75, 3.05) is 0 Å². The number of carboxylic acids is 1. The largest absolute Gasteiger partial charge is 0.489 e. The quantitative estimate of drug-likeness (QED) is 0.768. The summed E-state index contributed by atoms with van der Waals surface area (Å²) in [7, 11) is 0. The van der Waals surface area contributed by atoms with Crippen LogP contribution in [0, 0.1) is 0 Å². The number of carbonyl (C=O) groups is 2. The van der Waals surface area contributed by atoms with Gasteiger partial charge < -0.3 is 15.2 Å². The molecule has 0 saturated carbocycles. The van der Waals surface area contributed by atoms with Crippen LogP contribution in [0.3, 0.4) is 0 Å². The molecule has 124 valence electrons. The van der Waals surface area contributed by atoms with E-state index in [0.717, 1.165) is 16.9 Å². The third-order valence-electron chi connectivity index (χ3n) is 3.28. The summed E-state index contributed by atoms with van der Waals surface area (Å²) in [5.74, 6) is -0.786. The highest BCUT2D eigenvalue weighted by molar-refractivity contribution is 5.94. The van der Waals surface area contributed by atoms with Crippen molar-refractivity contribution >= 4 is 18.0 Å². The van der Waals surface area contributed by atoms with E-state index < -0.39 is 17.9 Å². The van der Waals surface area contributed by atoms with Crippen molar-refractivity contribution in [3.63, 3.8) is 0 Å². The van der Waals surface area contributed by atoms with Crippen LogP contribution in [-0.4, -0.2) is 23.0 Å². The maximum atomic E-state index is 11.6. The highest BCUT2D eigenvalue weighted by Crippen LogP contribution is 2.15. The van der Waals surface area contributed by atoms with Crippen LogP contribution in [0.1, 0.15) is 18.1 Å². The second kappa shape index (κ2) is 8.53. The molecular weight excluding hydrogens is 306 g/mol. The Morgan fingerprint density at radius 2 is 1.79 bits per heavy atom. The van der Waals surface area contributed by atoms with Gasteiger partial charge in [-0.3, -0.25) is 9.59 Å². The van der Waals surface area contributed by atoms with Crippen molar-refractivity contribution in [1.29, 1.82) is 0 Å². The first kappa shape index (κ1) is 17.3. The minimum atomic E-state index is -1.07. The zero-order chi connectivity index (χ0) is 17.4. The van der Waals surface area contributed by atoms with Crippen molar-refractivity contribution in [1.82, 2.24) is 5.32 Å². The first-order valence-electron chi connectivity index (χ1n) is 7.53. The Balaban J connectivity index is 1.86. The van der Waals surface area contributed by atoms with Gasteiger partial charge in [0.25, 0.3) is 0 Å². The Morgan fingerprint density at radius 1 is 1.12 bits per heavy atom. The maximum Gasteiger partial charge on any atom is 0.325 e. The fraction of sp³-hybridized carbons (Fsp3) is 0.158. The molecule has 2 aromatic rings. The van der Waals surface area contributed by atoms with Gasteiger partial charge in [-0.05, 0) is 36.3 Å².